The van der Waals surface area contributed by atoms with Crippen molar-refractivity contribution in [2.24, 2.45) is 23.7 Å². The summed E-state index contributed by atoms with van der Waals surface area (Å²) in [4.78, 5) is 15.1. The molecule has 0 aromatic heterocycles. The lowest BCUT2D eigenvalue weighted by Gasteiger charge is -2.54. The van der Waals surface area contributed by atoms with Gasteiger partial charge in [-0.05, 0) is 73.5 Å². The van der Waals surface area contributed by atoms with Gasteiger partial charge in [0.15, 0.2) is 0 Å². The number of benzene rings is 1. The maximum absolute atomic E-state index is 13.4. The van der Waals surface area contributed by atoms with Gasteiger partial charge in [0.2, 0.25) is 0 Å². The predicted molar refractivity (Wildman–Crippen MR) is 100 cm³/mol. The van der Waals surface area contributed by atoms with Gasteiger partial charge < -0.3 is 10.1 Å². The molecule has 4 bridgehead atoms. The lowest BCUT2D eigenvalue weighted by molar-refractivity contribution is -0.142. The maximum Gasteiger partial charge on any atom is 0.250 e. The number of rotatable bonds is 4. The van der Waals surface area contributed by atoms with Crippen LogP contribution in [0.3, 0.4) is 0 Å². The van der Waals surface area contributed by atoms with Gasteiger partial charge in [-0.15, -0.1) is 0 Å². The van der Waals surface area contributed by atoms with E-state index in [4.69, 9.17) is 4.74 Å². The number of amides is 1. The average Bonchev–Trinajstić information content (AvgIpc) is 2.64. The fourth-order valence-corrected chi connectivity index (χ4v) is 6.32. The Kier molecular flexibility index (Phi) is 4.68. The van der Waals surface area contributed by atoms with E-state index < -0.39 is 6.10 Å². The summed E-state index contributed by atoms with van der Waals surface area (Å²) < 4.78 is 19.2. The van der Waals surface area contributed by atoms with E-state index in [9.17, 15) is 9.18 Å². The van der Waals surface area contributed by atoms with Crippen LogP contribution in [0.25, 0.3) is 0 Å². The van der Waals surface area contributed by atoms with Crippen molar-refractivity contribution in [2.45, 2.75) is 50.8 Å². The minimum absolute atomic E-state index is 0.0522. The van der Waals surface area contributed by atoms with Gasteiger partial charge >= 0.3 is 0 Å². The van der Waals surface area contributed by atoms with Crippen molar-refractivity contribution < 1.29 is 13.9 Å². The van der Waals surface area contributed by atoms with Crippen molar-refractivity contribution in [1.82, 2.24) is 10.2 Å². The monoisotopic (exact) mass is 372 g/mol. The van der Waals surface area contributed by atoms with Gasteiger partial charge in [-0.2, -0.15) is 0 Å². The van der Waals surface area contributed by atoms with E-state index in [2.05, 4.69) is 10.2 Å². The fourth-order valence-electron chi connectivity index (χ4n) is 6.32. The third-order valence-electron chi connectivity index (χ3n) is 7.27. The summed E-state index contributed by atoms with van der Waals surface area (Å²) in [6, 6.07) is 7.06. The summed E-state index contributed by atoms with van der Waals surface area (Å²) in [7, 11) is 0. The van der Waals surface area contributed by atoms with Crippen LogP contribution < -0.4 is 5.32 Å². The number of nitrogens with one attached hydrogen (secondary N) is 1. The predicted octanol–water partition coefficient (Wildman–Crippen LogP) is 2.97. The Hall–Kier alpha value is -1.46. The van der Waals surface area contributed by atoms with Gasteiger partial charge in [-0.1, -0.05) is 12.1 Å². The topological polar surface area (TPSA) is 41.6 Å². The van der Waals surface area contributed by atoms with Crippen LogP contribution in [-0.2, 0) is 16.1 Å². The molecule has 4 nitrogen and oxygen atoms in total. The summed E-state index contributed by atoms with van der Waals surface area (Å²) in [5.74, 6) is 3.02. The summed E-state index contributed by atoms with van der Waals surface area (Å²) in [5, 5.41) is 3.37. The molecule has 1 saturated heterocycles. The molecule has 1 aromatic rings. The van der Waals surface area contributed by atoms with Crippen LogP contribution in [0.2, 0.25) is 0 Å². The molecule has 5 fully saturated rings. The van der Waals surface area contributed by atoms with Gasteiger partial charge in [-0.3, -0.25) is 9.69 Å². The molecule has 1 aromatic carbocycles. The molecule has 5 heteroatoms. The van der Waals surface area contributed by atoms with Crippen LogP contribution in [0, 0.1) is 29.5 Å². The number of carbonyl (C=O) groups excluding carboxylic acids is 1. The first-order valence-corrected chi connectivity index (χ1v) is 10.5. The minimum Gasteiger partial charge on any atom is -0.366 e. The largest absolute Gasteiger partial charge is 0.366 e. The fraction of sp³-hybridized carbons (Fsp3) is 0.682. The molecule has 1 atom stereocenters. The number of halogens is 1. The second-order valence-corrected chi connectivity index (χ2v) is 9.19. The molecule has 146 valence electrons. The van der Waals surface area contributed by atoms with Crippen LogP contribution in [0.5, 0.6) is 0 Å². The van der Waals surface area contributed by atoms with Gasteiger partial charge in [0.05, 0.1) is 6.61 Å². The Bertz CT molecular complexity index is 681. The Labute approximate surface area is 160 Å². The van der Waals surface area contributed by atoms with Crippen molar-refractivity contribution in [3.8, 4) is 0 Å². The van der Waals surface area contributed by atoms with Crippen molar-refractivity contribution in [2.75, 3.05) is 19.7 Å². The number of carbonyl (C=O) groups is 1. The quantitative estimate of drug-likeness (QED) is 0.884. The Morgan fingerprint density at radius 1 is 1.15 bits per heavy atom. The lowest BCUT2D eigenvalue weighted by Crippen LogP contribution is -2.59. The van der Waals surface area contributed by atoms with Crippen molar-refractivity contribution in [3.63, 3.8) is 0 Å². The van der Waals surface area contributed by atoms with E-state index in [1.165, 1.54) is 38.2 Å². The highest BCUT2D eigenvalue weighted by atomic mass is 19.1. The highest BCUT2D eigenvalue weighted by molar-refractivity contribution is 5.81. The number of ether oxygens (including phenoxy) is 1. The van der Waals surface area contributed by atoms with Crippen LogP contribution in [0.15, 0.2) is 24.3 Å². The van der Waals surface area contributed by atoms with E-state index in [1.807, 2.05) is 6.07 Å². The molecule has 1 N–H and O–H groups in total. The molecule has 1 heterocycles. The van der Waals surface area contributed by atoms with E-state index in [1.54, 1.807) is 12.1 Å². The first-order chi connectivity index (χ1) is 13.1. The first kappa shape index (κ1) is 17.6. The first-order valence-electron chi connectivity index (χ1n) is 10.5. The standard InChI is InChI=1S/C22H29FN2O2/c23-19-3-1-2-14(11-19)12-25-4-5-27-20(13-25)22(26)24-21-17-7-15-6-16(9-17)10-18(21)8-15/h1-3,11,15-18,20-21H,4-10,12-13H2,(H,24,26). The number of nitrogens with zero attached hydrogens (tertiary/aromatic N) is 1. The van der Waals surface area contributed by atoms with Crippen molar-refractivity contribution in [3.05, 3.63) is 35.6 Å². The molecule has 4 aliphatic carbocycles. The van der Waals surface area contributed by atoms with Crippen LogP contribution in [-0.4, -0.2) is 42.6 Å². The molecule has 1 aliphatic heterocycles. The molecule has 27 heavy (non-hydrogen) atoms. The molecular formula is C22H29FN2O2. The summed E-state index contributed by atoms with van der Waals surface area (Å²) in [6.07, 6.45) is 6.22. The maximum atomic E-state index is 13.4. The average molecular weight is 372 g/mol. The summed E-state index contributed by atoms with van der Waals surface area (Å²) in [6.45, 7) is 2.56. The van der Waals surface area contributed by atoms with Gasteiger partial charge in [0.1, 0.15) is 11.9 Å². The van der Waals surface area contributed by atoms with Gasteiger partial charge in [0, 0.05) is 25.7 Å². The summed E-state index contributed by atoms with van der Waals surface area (Å²) >= 11 is 0. The normalized spacial score (nSPS) is 38.1. The molecular weight excluding hydrogens is 343 g/mol. The Balaban J connectivity index is 1.19. The second-order valence-electron chi connectivity index (χ2n) is 9.19. The van der Waals surface area contributed by atoms with Crippen molar-refractivity contribution >= 4 is 5.91 Å². The third-order valence-corrected chi connectivity index (χ3v) is 7.27. The molecule has 1 amide bonds. The number of hydrogen-bond donors (Lipinski definition) is 1. The van der Waals surface area contributed by atoms with Crippen LogP contribution >= 0.6 is 0 Å². The summed E-state index contributed by atoms with van der Waals surface area (Å²) in [5.41, 5.74) is 0.942. The molecule has 5 aliphatic rings. The van der Waals surface area contributed by atoms with E-state index in [0.29, 0.717) is 37.6 Å². The van der Waals surface area contributed by atoms with Gasteiger partial charge in [-0.25, -0.2) is 4.39 Å². The zero-order chi connectivity index (χ0) is 18.4. The highest BCUT2D eigenvalue weighted by Gasteiger charge is 2.49. The highest BCUT2D eigenvalue weighted by Crippen LogP contribution is 2.53. The van der Waals surface area contributed by atoms with Gasteiger partial charge in [0.25, 0.3) is 5.91 Å². The minimum atomic E-state index is -0.413. The van der Waals surface area contributed by atoms with E-state index in [0.717, 1.165) is 23.9 Å². The molecule has 6 rings (SSSR count). The molecule has 0 spiro atoms. The smallest absolute Gasteiger partial charge is 0.250 e. The molecule has 4 saturated carbocycles. The zero-order valence-electron chi connectivity index (χ0n) is 15.8. The Morgan fingerprint density at radius 3 is 2.59 bits per heavy atom. The second kappa shape index (κ2) is 7.17. The SMILES string of the molecule is O=C(NC1C2CC3CC(C2)CC1C3)C1CN(Cc2cccc(F)c2)CCO1. The number of morpholine rings is 1. The Morgan fingerprint density at radius 2 is 1.89 bits per heavy atom. The molecule has 0 radical (unpaired) electrons. The van der Waals surface area contributed by atoms with Crippen LogP contribution in [0.4, 0.5) is 4.39 Å². The van der Waals surface area contributed by atoms with Crippen LogP contribution in [0.1, 0.15) is 37.7 Å². The van der Waals surface area contributed by atoms with Crippen molar-refractivity contribution in [1.29, 1.82) is 0 Å². The zero-order valence-corrected chi connectivity index (χ0v) is 15.8. The van der Waals surface area contributed by atoms with E-state index >= 15 is 0 Å². The number of hydrogen-bond acceptors (Lipinski definition) is 3. The lowest BCUT2D eigenvalue weighted by atomic mass is 9.54. The third kappa shape index (κ3) is 3.64. The van der Waals surface area contributed by atoms with E-state index in [-0.39, 0.29) is 11.7 Å². The molecule has 1 unspecified atom stereocenters.